The molecule has 1 aliphatic heterocycles. The summed E-state index contributed by atoms with van der Waals surface area (Å²) in [7, 11) is 0. The maximum atomic E-state index is 13.5. The summed E-state index contributed by atoms with van der Waals surface area (Å²) in [5.41, 5.74) is 0.598. The van der Waals surface area contributed by atoms with Crippen molar-refractivity contribution in [1.29, 1.82) is 0 Å². The normalized spacial score (nSPS) is 25.8. The fourth-order valence-corrected chi connectivity index (χ4v) is 2.32. The van der Waals surface area contributed by atoms with E-state index in [1.807, 2.05) is 0 Å². The molecule has 0 bridgehead atoms. The third-order valence-corrected chi connectivity index (χ3v) is 3.17. The maximum absolute atomic E-state index is 13.5. The SMILES string of the molecule is CC[C@H]1CCN[C@H]1c1ccc(F)cc1F. The molecule has 0 aliphatic carbocycles. The van der Waals surface area contributed by atoms with Crippen molar-refractivity contribution in [3.8, 4) is 0 Å². The van der Waals surface area contributed by atoms with Gasteiger partial charge in [0.2, 0.25) is 0 Å². The lowest BCUT2D eigenvalue weighted by Crippen LogP contribution is -2.19. The van der Waals surface area contributed by atoms with Gasteiger partial charge in [-0.15, -0.1) is 0 Å². The van der Waals surface area contributed by atoms with E-state index in [1.165, 1.54) is 6.07 Å². The lowest BCUT2D eigenvalue weighted by molar-refractivity contribution is 0.430. The molecular weight excluding hydrogens is 196 g/mol. The molecule has 0 saturated carbocycles. The van der Waals surface area contributed by atoms with Crippen LogP contribution < -0.4 is 5.32 Å². The highest BCUT2D eigenvalue weighted by atomic mass is 19.1. The van der Waals surface area contributed by atoms with Gasteiger partial charge >= 0.3 is 0 Å². The highest BCUT2D eigenvalue weighted by Gasteiger charge is 2.28. The summed E-state index contributed by atoms with van der Waals surface area (Å²) in [5.74, 6) is -0.486. The van der Waals surface area contributed by atoms with Crippen LogP contribution in [0.1, 0.15) is 31.4 Å². The van der Waals surface area contributed by atoms with Gasteiger partial charge in [0.25, 0.3) is 0 Å². The molecule has 1 saturated heterocycles. The minimum atomic E-state index is -0.512. The van der Waals surface area contributed by atoms with Gasteiger partial charge < -0.3 is 5.32 Å². The van der Waals surface area contributed by atoms with Crippen LogP contribution in [0.15, 0.2) is 18.2 Å². The molecule has 0 radical (unpaired) electrons. The number of nitrogens with one attached hydrogen (secondary N) is 1. The Morgan fingerprint density at radius 3 is 2.87 bits per heavy atom. The summed E-state index contributed by atoms with van der Waals surface area (Å²) in [6, 6.07) is 3.89. The fourth-order valence-electron chi connectivity index (χ4n) is 2.32. The Kier molecular flexibility index (Phi) is 3.00. The van der Waals surface area contributed by atoms with Gasteiger partial charge in [0.05, 0.1) is 0 Å². The van der Waals surface area contributed by atoms with Gasteiger partial charge in [-0.05, 0) is 24.9 Å². The molecule has 1 aromatic carbocycles. The summed E-state index contributed by atoms with van der Waals surface area (Å²) in [6.07, 6.45) is 2.09. The van der Waals surface area contributed by atoms with Gasteiger partial charge in [-0.2, -0.15) is 0 Å². The van der Waals surface area contributed by atoms with Crippen LogP contribution in [0, 0.1) is 17.6 Å². The summed E-state index contributed by atoms with van der Waals surface area (Å²) in [4.78, 5) is 0. The van der Waals surface area contributed by atoms with Crippen LogP contribution in [0.3, 0.4) is 0 Å². The predicted molar refractivity (Wildman–Crippen MR) is 55.5 cm³/mol. The van der Waals surface area contributed by atoms with Crippen LogP contribution in [-0.4, -0.2) is 6.54 Å². The topological polar surface area (TPSA) is 12.0 Å². The second-order valence-electron chi connectivity index (χ2n) is 4.05. The van der Waals surface area contributed by atoms with Crippen molar-refractivity contribution >= 4 is 0 Å². The molecule has 1 nitrogen and oxygen atoms in total. The zero-order valence-corrected chi connectivity index (χ0v) is 8.76. The average molecular weight is 211 g/mol. The largest absolute Gasteiger partial charge is 0.310 e. The minimum absolute atomic E-state index is 0.0515. The van der Waals surface area contributed by atoms with Gasteiger partial charge in [0.1, 0.15) is 11.6 Å². The van der Waals surface area contributed by atoms with Gasteiger partial charge in [-0.3, -0.25) is 0 Å². The number of halogens is 2. The van der Waals surface area contributed by atoms with Crippen molar-refractivity contribution in [2.24, 2.45) is 5.92 Å². The van der Waals surface area contributed by atoms with E-state index in [1.54, 1.807) is 6.07 Å². The van der Waals surface area contributed by atoms with Crippen LogP contribution in [0.2, 0.25) is 0 Å². The second kappa shape index (κ2) is 4.27. The molecule has 1 fully saturated rings. The highest BCUT2D eigenvalue weighted by Crippen LogP contribution is 2.33. The van der Waals surface area contributed by atoms with Crippen molar-refractivity contribution in [1.82, 2.24) is 5.32 Å². The van der Waals surface area contributed by atoms with Crippen molar-refractivity contribution in [2.75, 3.05) is 6.54 Å². The minimum Gasteiger partial charge on any atom is -0.310 e. The van der Waals surface area contributed by atoms with Gasteiger partial charge in [-0.25, -0.2) is 8.78 Å². The summed E-state index contributed by atoms with van der Waals surface area (Å²) in [6.45, 7) is 3.02. The molecule has 0 amide bonds. The molecule has 2 rings (SSSR count). The standard InChI is InChI=1S/C12H15F2N/c1-2-8-5-6-15-12(8)10-4-3-9(13)7-11(10)14/h3-4,7-8,12,15H,2,5-6H2,1H3/t8-,12+/m0/s1. The lowest BCUT2D eigenvalue weighted by atomic mass is 9.92. The summed E-state index contributed by atoms with van der Waals surface area (Å²) >= 11 is 0. The van der Waals surface area contributed by atoms with Crippen LogP contribution in [0.5, 0.6) is 0 Å². The van der Waals surface area contributed by atoms with E-state index in [9.17, 15) is 8.78 Å². The zero-order chi connectivity index (χ0) is 10.8. The molecule has 1 aromatic rings. The molecule has 0 spiro atoms. The number of hydrogen-bond donors (Lipinski definition) is 1. The third kappa shape index (κ3) is 2.02. The van der Waals surface area contributed by atoms with E-state index >= 15 is 0 Å². The third-order valence-electron chi connectivity index (χ3n) is 3.17. The van der Waals surface area contributed by atoms with E-state index in [2.05, 4.69) is 12.2 Å². The van der Waals surface area contributed by atoms with E-state index < -0.39 is 11.6 Å². The van der Waals surface area contributed by atoms with Gasteiger partial charge in [0.15, 0.2) is 0 Å². The first-order valence-electron chi connectivity index (χ1n) is 5.40. The molecule has 1 aliphatic rings. The van der Waals surface area contributed by atoms with E-state index in [0.717, 1.165) is 25.5 Å². The number of benzene rings is 1. The van der Waals surface area contributed by atoms with Crippen LogP contribution in [0.25, 0.3) is 0 Å². The quantitative estimate of drug-likeness (QED) is 0.792. The molecular formula is C12H15F2N. The zero-order valence-electron chi connectivity index (χ0n) is 8.76. The fraction of sp³-hybridized carbons (Fsp3) is 0.500. The molecule has 1 heterocycles. The lowest BCUT2D eigenvalue weighted by Gasteiger charge is -2.19. The number of rotatable bonds is 2. The Balaban J connectivity index is 2.28. The Labute approximate surface area is 88.5 Å². The molecule has 3 heteroatoms. The molecule has 0 aromatic heterocycles. The molecule has 82 valence electrons. The summed E-state index contributed by atoms with van der Waals surface area (Å²) < 4.78 is 26.3. The van der Waals surface area contributed by atoms with Gasteiger partial charge in [0, 0.05) is 17.7 Å². The maximum Gasteiger partial charge on any atom is 0.130 e. The van der Waals surface area contributed by atoms with Crippen molar-refractivity contribution < 1.29 is 8.78 Å². The second-order valence-corrected chi connectivity index (χ2v) is 4.05. The first kappa shape index (κ1) is 10.6. The summed E-state index contributed by atoms with van der Waals surface area (Å²) in [5, 5.41) is 3.27. The van der Waals surface area contributed by atoms with Crippen LogP contribution in [-0.2, 0) is 0 Å². The smallest absolute Gasteiger partial charge is 0.130 e. The Morgan fingerprint density at radius 1 is 1.40 bits per heavy atom. The predicted octanol–water partition coefficient (Wildman–Crippen LogP) is 3.03. The first-order valence-corrected chi connectivity index (χ1v) is 5.40. The van der Waals surface area contributed by atoms with Crippen molar-refractivity contribution in [2.45, 2.75) is 25.8 Å². The van der Waals surface area contributed by atoms with E-state index in [0.29, 0.717) is 11.5 Å². The monoisotopic (exact) mass is 211 g/mol. The van der Waals surface area contributed by atoms with Gasteiger partial charge in [-0.1, -0.05) is 19.4 Å². The van der Waals surface area contributed by atoms with Crippen LogP contribution >= 0.6 is 0 Å². The Hall–Kier alpha value is -0.960. The van der Waals surface area contributed by atoms with Crippen molar-refractivity contribution in [3.05, 3.63) is 35.4 Å². The Morgan fingerprint density at radius 2 is 2.20 bits per heavy atom. The first-order chi connectivity index (χ1) is 7.22. The number of hydrogen-bond acceptors (Lipinski definition) is 1. The van der Waals surface area contributed by atoms with E-state index in [-0.39, 0.29) is 6.04 Å². The van der Waals surface area contributed by atoms with Crippen LogP contribution in [0.4, 0.5) is 8.78 Å². The Bertz CT molecular complexity index is 351. The van der Waals surface area contributed by atoms with E-state index in [4.69, 9.17) is 0 Å². The molecule has 1 N–H and O–H groups in total. The molecule has 0 unspecified atom stereocenters. The average Bonchev–Trinajstić information content (AvgIpc) is 2.65. The van der Waals surface area contributed by atoms with Crippen molar-refractivity contribution in [3.63, 3.8) is 0 Å². The highest BCUT2D eigenvalue weighted by molar-refractivity contribution is 5.23. The molecule has 2 atom stereocenters. The molecule has 15 heavy (non-hydrogen) atoms.